The van der Waals surface area contributed by atoms with E-state index in [-0.39, 0.29) is 17.7 Å². The van der Waals surface area contributed by atoms with Gasteiger partial charge in [0.15, 0.2) is 0 Å². The molecule has 122 valence electrons. The smallest absolute Gasteiger partial charge is 0.291 e. The highest BCUT2D eigenvalue weighted by molar-refractivity contribution is 6.14. The highest BCUT2D eigenvalue weighted by atomic mass is 19.4. The molecule has 1 spiro atoms. The van der Waals surface area contributed by atoms with Gasteiger partial charge in [0.25, 0.3) is 5.91 Å². The number of pyridine rings is 1. The van der Waals surface area contributed by atoms with Gasteiger partial charge >= 0.3 is 6.18 Å². The number of aryl methyl sites for hydroxylation is 1. The summed E-state index contributed by atoms with van der Waals surface area (Å²) in [5, 5.41) is 2.27. The van der Waals surface area contributed by atoms with Crippen LogP contribution >= 0.6 is 0 Å². The van der Waals surface area contributed by atoms with Gasteiger partial charge < -0.3 is 0 Å². The van der Waals surface area contributed by atoms with Crippen LogP contribution in [0.4, 0.5) is 13.2 Å². The van der Waals surface area contributed by atoms with Gasteiger partial charge in [0.1, 0.15) is 11.1 Å². The van der Waals surface area contributed by atoms with Gasteiger partial charge in [-0.15, -0.1) is 0 Å². The van der Waals surface area contributed by atoms with E-state index in [0.29, 0.717) is 12.0 Å². The number of halogens is 3. The first-order valence-electron chi connectivity index (χ1n) is 7.37. The lowest BCUT2D eigenvalue weighted by Gasteiger charge is -2.34. The van der Waals surface area contributed by atoms with Crippen molar-refractivity contribution in [2.24, 2.45) is 0 Å². The zero-order valence-electron chi connectivity index (χ0n) is 12.3. The number of imide groups is 1. The van der Waals surface area contributed by atoms with Crippen molar-refractivity contribution < 1.29 is 22.8 Å². The summed E-state index contributed by atoms with van der Waals surface area (Å²) in [5.74, 6) is -1.33. The maximum absolute atomic E-state index is 13.1. The Hall–Kier alpha value is -2.70. The van der Waals surface area contributed by atoms with Crippen LogP contribution < -0.4 is 5.32 Å². The van der Waals surface area contributed by atoms with Gasteiger partial charge in [-0.05, 0) is 36.1 Å². The lowest BCUT2D eigenvalue weighted by Crippen LogP contribution is -2.52. The molecule has 0 fully saturated rings. The highest BCUT2D eigenvalue weighted by Gasteiger charge is 2.53. The fourth-order valence-electron chi connectivity index (χ4n) is 3.60. The van der Waals surface area contributed by atoms with Gasteiger partial charge in [-0.3, -0.25) is 14.9 Å². The molecule has 2 aromatic rings. The molecular formula is C17H11F3N2O2. The first-order chi connectivity index (χ1) is 11.3. The molecule has 4 nitrogen and oxygen atoms in total. The zero-order valence-corrected chi connectivity index (χ0v) is 12.3. The van der Waals surface area contributed by atoms with Crippen LogP contribution in [0.3, 0.4) is 0 Å². The molecule has 1 atom stereocenters. The fourth-order valence-corrected chi connectivity index (χ4v) is 3.60. The molecule has 0 saturated heterocycles. The molecule has 1 unspecified atom stereocenters. The number of benzene rings is 1. The average Bonchev–Trinajstić information content (AvgIpc) is 2.92. The average molecular weight is 332 g/mol. The van der Waals surface area contributed by atoms with E-state index in [2.05, 4.69) is 10.3 Å². The largest absolute Gasteiger partial charge is 0.433 e. The minimum atomic E-state index is -4.65. The lowest BCUT2D eigenvalue weighted by molar-refractivity contribution is -0.141. The predicted octanol–water partition coefficient (Wildman–Crippen LogP) is 2.60. The van der Waals surface area contributed by atoms with Crippen molar-refractivity contribution in [3.8, 4) is 0 Å². The van der Waals surface area contributed by atoms with Gasteiger partial charge in [0.05, 0.1) is 11.3 Å². The number of carbonyl (C=O) groups excluding carboxylic acids is 2. The molecule has 2 aliphatic rings. The van der Waals surface area contributed by atoms with Crippen molar-refractivity contribution in [2.45, 2.75) is 24.4 Å². The Morgan fingerprint density at radius 3 is 2.58 bits per heavy atom. The molecular weight excluding hydrogens is 321 g/mol. The Morgan fingerprint density at radius 2 is 1.83 bits per heavy atom. The second-order valence-corrected chi connectivity index (χ2v) is 5.94. The van der Waals surface area contributed by atoms with E-state index in [1.54, 1.807) is 12.1 Å². The lowest BCUT2D eigenvalue weighted by atomic mass is 9.73. The Kier molecular flexibility index (Phi) is 2.88. The molecule has 0 bridgehead atoms. The van der Waals surface area contributed by atoms with E-state index in [9.17, 15) is 22.8 Å². The van der Waals surface area contributed by atoms with Crippen LogP contribution in [0.25, 0.3) is 0 Å². The number of amides is 2. The quantitative estimate of drug-likeness (QED) is 0.755. The van der Waals surface area contributed by atoms with E-state index >= 15 is 0 Å². The minimum Gasteiger partial charge on any atom is -0.291 e. The molecule has 2 amide bonds. The summed E-state index contributed by atoms with van der Waals surface area (Å²) in [5.41, 5.74) is -1.04. The van der Waals surface area contributed by atoms with E-state index in [1.807, 2.05) is 12.1 Å². The van der Waals surface area contributed by atoms with E-state index < -0.39 is 29.1 Å². The molecule has 1 aromatic heterocycles. The maximum atomic E-state index is 13.1. The van der Waals surface area contributed by atoms with Crippen LogP contribution in [0.2, 0.25) is 0 Å². The standard InChI is InChI=1S/C17H11F3N2O2/c18-17(19,20)12-6-5-10-13(21-12)16(15(24)22-14(10)23)8-7-9-3-1-2-4-11(9)16/h1-6H,7-8H2,(H,22,23,24). The third-order valence-corrected chi connectivity index (χ3v) is 4.70. The first kappa shape index (κ1) is 14.9. The molecule has 1 N–H and O–H groups in total. The summed E-state index contributed by atoms with van der Waals surface area (Å²) in [6, 6.07) is 8.94. The summed E-state index contributed by atoms with van der Waals surface area (Å²) in [6.45, 7) is 0. The predicted molar refractivity (Wildman–Crippen MR) is 77.3 cm³/mol. The second kappa shape index (κ2) is 4.66. The van der Waals surface area contributed by atoms with E-state index in [0.717, 1.165) is 17.7 Å². The summed E-state index contributed by atoms with van der Waals surface area (Å²) in [6.07, 6.45) is -3.83. The number of rotatable bonds is 0. The van der Waals surface area contributed by atoms with Gasteiger partial charge in [0.2, 0.25) is 5.91 Å². The Labute approximate surface area is 134 Å². The number of alkyl halides is 3. The molecule has 1 aliphatic heterocycles. The number of fused-ring (bicyclic) bond motifs is 4. The van der Waals surface area contributed by atoms with Crippen LogP contribution in [0.1, 0.15) is 39.3 Å². The van der Waals surface area contributed by atoms with Gasteiger partial charge in [-0.2, -0.15) is 13.2 Å². The molecule has 0 saturated carbocycles. The van der Waals surface area contributed by atoms with Crippen molar-refractivity contribution in [2.75, 3.05) is 0 Å². The number of nitrogens with zero attached hydrogens (tertiary/aromatic N) is 1. The van der Waals surface area contributed by atoms with Gasteiger partial charge in [-0.1, -0.05) is 24.3 Å². The number of carbonyl (C=O) groups is 2. The summed E-state index contributed by atoms with van der Waals surface area (Å²) in [4.78, 5) is 28.4. The third kappa shape index (κ3) is 1.84. The molecule has 1 aliphatic carbocycles. The topological polar surface area (TPSA) is 59.1 Å². The number of hydrogen-bond donors (Lipinski definition) is 1. The van der Waals surface area contributed by atoms with Crippen LogP contribution in [-0.2, 0) is 22.8 Å². The van der Waals surface area contributed by atoms with Crippen LogP contribution in [0.5, 0.6) is 0 Å². The minimum absolute atomic E-state index is 0.0132. The summed E-state index contributed by atoms with van der Waals surface area (Å²) >= 11 is 0. The normalized spacial score (nSPS) is 22.3. The molecule has 4 rings (SSSR count). The number of hydrogen-bond acceptors (Lipinski definition) is 3. The summed E-state index contributed by atoms with van der Waals surface area (Å²) in [7, 11) is 0. The van der Waals surface area contributed by atoms with Crippen LogP contribution in [-0.4, -0.2) is 16.8 Å². The Bertz CT molecular complexity index is 892. The van der Waals surface area contributed by atoms with Crippen molar-refractivity contribution >= 4 is 11.8 Å². The van der Waals surface area contributed by atoms with E-state index in [4.69, 9.17) is 0 Å². The monoisotopic (exact) mass is 332 g/mol. The highest BCUT2D eigenvalue weighted by Crippen LogP contribution is 2.47. The van der Waals surface area contributed by atoms with E-state index in [1.165, 1.54) is 0 Å². The van der Waals surface area contributed by atoms with Gasteiger partial charge in [0, 0.05) is 0 Å². The van der Waals surface area contributed by atoms with Crippen LogP contribution in [0.15, 0.2) is 36.4 Å². The molecule has 24 heavy (non-hydrogen) atoms. The molecule has 7 heteroatoms. The molecule has 1 aromatic carbocycles. The van der Waals surface area contributed by atoms with Crippen LogP contribution in [0, 0.1) is 0 Å². The van der Waals surface area contributed by atoms with Crippen molar-refractivity contribution in [1.82, 2.24) is 10.3 Å². The van der Waals surface area contributed by atoms with Crippen molar-refractivity contribution in [3.63, 3.8) is 0 Å². The zero-order chi connectivity index (χ0) is 17.1. The molecule has 2 heterocycles. The molecule has 0 radical (unpaired) electrons. The number of aromatic nitrogens is 1. The SMILES string of the molecule is O=C1NC(=O)C2(CCc3ccccc32)c2nc(C(F)(F)F)ccc21. The Balaban J connectivity index is 2.03. The Morgan fingerprint density at radius 1 is 1.08 bits per heavy atom. The fraction of sp³-hybridized carbons (Fsp3) is 0.235. The van der Waals surface area contributed by atoms with Crippen molar-refractivity contribution in [3.05, 3.63) is 64.5 Å². The van der Waals surface area contributed by atoms with Crippen molar-refractivity contribution in [1.29, 1.82) is 0 Å². The second-order valence-electron chi connectivity index (χ2n) is 5.94. The third-order valence-electron chi connectivity index (χ3n) is 4.70. The number of nitrogens with one attached hydrogen (secondary N) is 1. The van der Waals surface area contributed by atoms with Gasteiger partial charge in [-0.25, -0.2) is 4.98 Å². The summed E-state index contributed by atoms with van der Waals surface area (Å²) < 4.78 is 39.2. The first-order valence-corrected chi connectivity index (χ1v) is 7.37. The maximum Gasteiger partial charge on any atom is 0.433 e.